The van der Waals surface area contributed by atoms with Crippen molar-refractivity contribution in [3.05, 3.63) is 29.3 Å². The highest BCUT2D eigenvalue weighted by Crippen LogP contribution is 2.33. The van der Waals surface area contributed by atoms with Crippen molar-refractivity contribution in [1.29, 1.82) is 0 Å². The van der Waals surface area contributed by atoms with E-state index in [-0.39, 0.29) is 17.2 Å². The van der Waals surface area contributed by atoms with E-state index in [1.54, 1.807) is 18.2 Å². The van der Waals surface area contributed by atoms with Crippen LogP contribution in [0, 0.1) is 0 Å². The molecular formula is C15H18BrNO4. The lowest BCUT2D eigenvalue weighted by Gasteiger charge is -2.21. The molecule has 1 atom stereocenters. The van der Waals surface area contributed by atoms with E-state index in [0.717, 1.165) is 5.56 Å². The van der Waals surface area contributed by atoms with Gasteiger partial charge in [0.15, 0.2) is 5.78 Å². The molecule has 0 saturated heterocycles. The summed E-state index contributed by atoms with van der Waals surface area (Å²) >= 11 is 3.14. The van der Waals surface area contributed by atoms with Gasteiger partial charge >= 0.3 is 6.09 Å². The van der Waals surface area contributed by atoms with Crippen LogP contribution in [0.25, 0.3) is 0 Å². The number of benzene rings is 1. The molecule has 0 spiro atoms. The second kappa shape index (κ2) is 6.05. The van der Waals surface area contributed by atoms with E-state index in [1.165, 1.54) is 0 Å². The Morgan fingerprint density at radius 3 is 2.76 bits per heavy atom. The van der Waals surface area contributed by atoms with Crippen LogP contribution in [0.5, 0.6) is 5.75 Å². The number of hydrogen-bond acceptors (Lipinski definition) is 4. The Balaban J connectivity index is 2.09. The van der Waals surface area contributed by atoms with E-state index in [4.69, 9.17) is 9.47 Å². The van der Waals surface area contributed by atoms with E-state index in [0.29, 0.717) is 17.9 Å². The summed E-state index contributed by atoms with van der Waals surface area (Å²) in [5.74, 6) is 0.618. The first-order valence-electron chi connectivity index (χ1n) is 6.65. The molecule has 0 bridgehead atoms. The number of carbonyl (C=O) groups is 2. The standard InChI is InChI=1S/C15H18BrNO4/c1-15(2,3)21-14(19)17-11-8-20-13-6-9(12(18)7-16)4-5-10(11)13/h4-6,11H,7-8H2,1-3H3,(H,17,19)/t11-/m0/s1. The Morgan fingerprint density at radius 1 is 1.43 bits per heavy atom. The number of hydrogen-bond donors (Lipinski definition) is 1. The number of ether oxygens (including phenoxy) is 2. The molecule has 0 aromatic heterocycles. The molecule has 0 fully saturated rings. The first-order valence-corrected chi connectivity index (χ1v) is 7.78. The van der Waals surface area contributed by atoms with Gasteiger partial charge in [-0.1, -0.05) is 28.1 Å². The van der Waals surface area contributed by atoms with Crippen LogP contribution in [0.3, 0.4) is 0 Å². The Bertz CT molecular complexity index is 565. The normalized spacial score (nSPS) is 16.9. The first kappa shape index (κ1) is 15.8. The van der Waals surface area contributed by atoms with Crippen LogP contribution >= 0.6 is 15.9 Å². The van der Waals surface area contributed by atoms with Gasteiger partial charge in [0.05, 0.1) is 11.4 Å². The van der Waals surface area contributed by atoms with Crippen LogP contribution in [0.4, 0.5) is 4.79 Å². The fourth-order valence-corrected chi connectivity index (χ4v) is 2.35. The minimum Gasteiger partial charge on any atom is -0.491 e. The van der Waals surface area contributed by atoms with Crippen molar-refractivity contribution in [2.75, 3.05) is 11.9 Å². The smallest absolute Gasteiger partial charge is 0.408 e. The number of nitrogens with one attached hydrogen (secondary N) is 1. The van der Waals surface area contributed by atoms with E-state index >= 15 is 0 Å². The Kier molecular flexibility index (Phi) is 4.56. The minimum atomic E-state index is -0.543. The first-order chi connectivity index (χ1) is 9.80. The third-order valence-corrected chi connectivity index (χ3v) is 3.44. The Morgan fingerprint density at radius 2 is 2.14 bits per heavy atom. The van der Waals surface area contributed by atoms with E-state index in [2.05, 4.69) is 21.2 Å². The monoisotopic (exact) mass is 355 g/mol. The summed E-state index contributed by atoms with van der Waals surface area (Å²) in [7, 11) is 0. The Hall–Kier alpha value is -1.56. The quantitative estimate of drug-likeness (QED) is 0.667. The molecule has 1 aromatic rings. The van der Waals surface area contributed by atoms with Crippen molar-refractivity contribution in [3.8, 4) is 5.75 Å². The van der Waals surface area contributed by atoms with Gasteiger partial charge in [0.25, 0.3) is 0 Å². The second-order valence-electron chi connectivity index (χ2n) is 5.82. The fraction of sp³-hybridized carbons (Fsp3) is 0.467. The predicted molar refractivity (Wildman–Crippen MR) is 82.2 cm³/mol. The molecule has 0 saturated carbocycles. The predicted octanol–water partition coefficient (Wildman–Crippen LogP) is 3.22. The van der Waals surface area contributed by atoms with Gasteiger partial charge in [-0.2, -0.15) is 0 Å². The molecule has 5 nitrogen and oxygen atoms in total. The van der Waals surface area contributed by atoms with Crippen LogP contribution in [0.1, 0.15) is 42.7 Å². The van der Waals surface area contributed by atoms with Crippen molar-refractivity contribution >= 4 is 27.8 Å². The molecule has 1 amide bonds. The summed E-state index contributed by atoms with van der Waals surface area (Å²) in [6.45, 7) is 5.76. The van der Waals surface area contributed by atoms with Gasteiger partial charge in [-0.3, -0.25) is 4.79 Å². The summed E-state index contributed by atoms with van der Waals surface area (Å²) in [5, 5.41) is 3.04. The van der Waals surface area contributed by atoms with Crippen LogP contribution in [0.2, 0.25) is 0 Å². The number of rotatable bonds is 3. The van der Waals surface area contributed by atoms with Gasteiger partial charge < -0.3 is 14.8 Å². The highest BCUT2D eigenvalue weighted by Gasteiger charge is 2.28. The van der Waals surface area contributed by atoms with E-state index in [9.17, 15) is 9.59 Å². The van der Waals surface area contributed by atoms with Crippen LogP contribution in [-0.4, -0.2) is 29.4 Å². The molecule has 0 radical (unpaired) electrons. The maximum atomic E-state index is 11.8. The van der Waals surface area contributed by atoms with Gasteiger partial charge in [0.1, 0.15) is 18.0 Å². The zero-order valence-electron chi connectivity index (χ0n) is 12.2. The zero-order chi connectivity index (χ0) is 15.6. The molecule has 1 aliphatic rings. The fourth-order valence-electron chi connectivity index (χ4n) is 2.03. The molecule has 1 aromatic carbocycles. The maximum absolute atomic E-state index is 11.8. The highest BCUT2D eigenvalue weighted by atomic mass is 79.9. The molecule has 114 valence electrons. The SMILES string of the molecule is CC(C)(C)OC(=O)N[C@H]1COc2cc(C(=O)CBr)ccc21. The lowest BCUT2D eigenvalue weighted by Crippen LogP contribution is -2.35. The van der Waals surface area contributed by atoms with Crippen molar-refractivity contribution in [2.45, 2.75) is 32.4 Å². The van der Waals surface area contributed by atoms with Gasteiger partial charge in [-0.05, 0) is 26.8 Å². The summed E-state index contributed by atoms with van der Waals surface area (Å²) in [4.78, 5) is 23.4. The van der Waals surface area contributed by atoms with Crippen LogP contribution in [-0.2, 0) is 4.74 Å². The van der Waals surface area contributed by atoms with Crippen molar-refractivity contribution in [2.24, 2.45) is 0 Å². The van der Waals surface area contributed by atoms with Gasteiger partial charge in [-0.25, -0.2) is 4.79 Å². The topological polar surface area (TPSA) is 64.6 Å². The molecular weight excluding hydrogens is 338 g/mol. The number of fused-ring (bicyclic) bond motifs is 1. The molecule has 0 aliphatic carbocycles. The molecule has 6 heteroatoms. The Labute approximate surface area is 132 Å². The van der Waals surface area contributed by atoms with Gasteiger partial charge in [-0.15, -0.1) is 0 Å². The zero-order valence-corrected chi connectivity index (χ0v) is 13.8. The van der Waals surface area contributed by atoms with Gasteiger partial charge in [0.2, 0.25) is 0 Å². The summed E-state index contributed by atoms with van der Waals surface area (Å²) in [6.07, 6.45) is -0.482. The lowest BCUT2D eigenvalue weighted by atomic mass is 10.0. The summed E-state index contributed by atoms with van der Waals surface area (Å²) in [5.41, 5.74) is 0.897. The third-order valence-electron chi connectivity index (χ3n) is 2.93. The molecule has 1 heterocycles. The highest BCUT2D eigenvalue weighted by molar-refractivity contribution is 9.09. The average Bonchev–Trinajstić information content (AvgIpc) is 2.78. The molecule has 2 rings (SSSR count). The van der Waals surface area contributed by atoms with Crippen molar-refractivity contribution in [1.82, 2.24) is 5.32 Å². The second-order valence-corrected chi connectivity index (χ2v) is 6.38. The van der Waals surface area contributed by atoms with Crippen molar-refractivity contribution < 1.29 is 19.1 Å². The number of Topliss-reactive ketones (excluding diaryl/α,β-unsaturated/α-hetero) is 1. The van der Waals surface area contributed by atoms with Gasteiger partial charge in [0, 0.05) is 11.1 Å². The largest absolute Gasteiger partial charge is 0.491 e. The minimum absolute atomic E-state index is 0.00930. The summed E-state index contributed by atoms with van der Waals surface area (Å²) in [6, 6.07) is 4.99. The molecule has 21 heavy (non-hydrogen) atoms. The maximum Gasteiger partial charge on any atom is 0.408 e. The van der Waals surface area contributed by atoms with E-state index in [1.807, 2.05) is 20.8 Å². The molecule has 1 N–H and O–H groups in total. The number of alkyl carbamates (subject to hydrolysis) is 1. The number of alkyl halides is 1. The van der Waals surface area contributed by atoms with Crippen LogP contribution < -0.4 is 10.1 Å². The number of carbonyl (C=O) groups excluding carboxylic acids is 2. The number of halogens is 1. The summed E-state index contributed by atoms with van der Waals surface area (Å²) < 4.78 is 10.8. The number of ketones is 1. The van der Waals surface area contributed by atoms with E-state index < -0.39 is 11.7 Å². The van der Waals surface area contributed by atoms with Crippen LogP contribution in [0.15, 0.2) is 18.2 Å². The molecule has 1 aliphatic heterocycles. The molecule has 0 unspecified atom stereocenters. The number of amides is 1. The lowest BCUT2D eigenvalue weighted by molar-refractivity contribution is 0.0496. The third kappa shape index (κ3) is 3.97. The van der Waals surface area contributed by atoms with Crippen molar-refractivity contribution in [3.63, 3.8) is 0 Å². The average molecular weight is 356 g/mol.